The summed E-state index contributed by atoms with van der Waals surface area (Å²) in [6.45, 7) is 0. The molecule has 0 aliphatic rings. The molecule has 2 aromatic carbocycles. The molecule has 0 heterocycles. The van der Waals surface area contributed by atoms with Gasteiger partial charge in [0.1, 0.15) is 17.4 Å². The maximum Gasteiger partial charge on any atom is 0.287 e. The van der Waals surface area contributed by atoms with Crippen LogP contribution in [0.3, 0.4) is 0 Å². The first kappa shape index (κ1) is 13.4. The van der Waals surface area contributed by atoms with Crippen LogP contribution in [0.4, 0.5) is 17.1 Å². The quantitative estimate of drug-likeness (QED) is 0.680. The Balaban J connectivity index is 2.35. The lowest BCUT2D eigenvalue weighted by atomic mass is 10.1. The number of nitrogens with zero attached hydrogens (tertiary/aromatic N) is 2. The van der Waals surface area contributed by atoms with Crippen molar-refractivity contribution in [1.82, 2.24) is 0 Å². The first-order chi connectivity index (χ1) is 9.65. The van der Waals surface area contributed by atoms with Crippen LogP contribution in [-0.4, -0.2) is 12.0 Å². The molecule has 0 aliphatic carbocycles. The minimum atomic E-state index is -0.578. The molecule has 100 valence electrons. The van der Waals surface area contributed by atoms with Gasteiger partial charge in [-0.05, 0) is 24.3 Å². The summed E-state index contributed by atoms with van der Waals surface area (Å²) in [6.07, 6.45) is 0. The van der Waals surface area contributed by atoms with E-state index in [1.165, 1.54) is 12.1 Å². The highest BCUT2D eigenvalue weighted by molar-refractivity contribution is 5.69. The number of benzene rings is 2. The molecule has 0 amide bonds. The van der Waals surface area contributed by atoms with Gasteiger partial charge in [0.15, 0.2) is 0 Å². The molecule has 6 nitrogen and oxygen atoms in total. The highest BCUT2D eigenvalue weighted by atomic mass is 16.6. The second kappa shape index (κ2) is 5.71. The van der Waals surface area contributed by atoms with Crippen molar-refractivity contribution in [2.24, 2.45) is 0 Å². The Hall–Kier alpha value is -3.07. The molecule has 0 saturated carbocycles. The number of ether oxygens (including phenoxy) is 1. The maximum atomic E-state index is 10.8. The normalized spacial score (nSPS) is 9.60. The predicted octanol–water partition coefficient (Wildman–Crippen LogP) is 3.22. The van der Waals surface area contributed by atoms with Crippen molar-refractivity contribution in [1.29, 1.82) is 5.26 Å². The monoisotopic (exact) mass is 269 g/mol. The fourth-order valence-electron chi connectivity index (χ4n) is 1.77. The van der Waals surface area contributed by atoms with E-state index in [-0.39, 0.29) is 11.3 Å². The molecule has 2 aromatic rings. The number of rotatable bonds is 4. The minimum absolute atomic E-state index is 0.00916. The fraction of sp³-hybridized carbons (Fsp3) is 0.0714. The summed E-state index contributed by atoms with van der Waals surface area (Å²) >= 11 is 0. The third-order valence-electron chi connectivity index (χ3n) is 2.70. The van der Waals surface area contributed by atoms with Gasteiger partial charge in [-0.2, -0.15) is 5.26 Å². The van der Waals surface area contributed by atoms with E-state index >= 15 is 0 Å². The molecule has 2 rings (SSSR count). The number of methoxy groups -OCH3 is 1. The highest BCUT2D eigenvalue weighted by Crippen LogP contribution is 2.29. The van der Waals surface area contributed by atoms with Crippen molar-refractivity contribution < 1.29 is 9.66 Å². The van der Waals surface area contributed by atoms with Crippen LogP contribution in [0.25, 0.3) is 0 Å². The zero-order valence-corrected chi connectivity index (χ0v) is 10.7. The second-order valence-electron chi connectivity index (χ2n) is 3.93. The van der Waals surface area contributed by atoms with E-state index in [9.17, 15) is 10.1 Å². The molecule has 0 radical (unpaired) electrons. The van der Waals surface area contributed by atoms with Crippen LogP contribution in [0, 0.1) is 21.4 Å². The van der Waals surface area contributed by atoms with Gasteiger partial charge in [0, 0.05) is 11.8 Å². The standard InChI is InChI=1S/C14H11N3O3/c1-20-14-5-3-2-4-12(14)16-11-6-7-13(17(18)19)10(8-11)9-15/h2-8,16H,1H3. The van der Waals surface area contributed by atoms with Gasteiger partial charge in [-0.15, -0.1) is 0 Å². The topological polar surface area (TPSA) is 88.2 Å². The van der Waals surface area contributed by atoms with E-state index in [1.54, 1.807) is 19.2 Å². The molecular formula is C14H11N3O3. The van der Waals surface area contributed by atoms with Crippen molar-refractivity contribution in [3.8, 4) is 11.8 Å². The van der Waals surface area contributed by atoms with E-state index in [0.29, 0.717) is 17.1 Å². The van der Waals surface area contributed by atoms with Gasteiger partial charge in [-0.1, -0.05) is 12.1 Å². The molecule has 0 fully saturated rings. The van der Waals surface area contributed by atoms with E-state index in [1.807, 2.05) is 24.3 Å². The summed E-state index contributed by atoms with van der Waals surface area (Å²) in [7, 11) is 1.55. The molecule has 1 N–H and O–H groups in total. The van der Waals surface area contributed by atoms with Gasteiger partial charge in [-0.25, -0.2) is 0 Å². The molecule has 20 heavy (non-hydrogen) atoms. The lowest BCUT2D eigenvalue weighted by molar-refractivity contribution is -0.385. The van der Waals surface area contributed by atoms with Gasteiger partial charge in [0.25, 0.3) is 5.69 Å². The average Bonchev–Trinajstić information content (AvgIpc) is 2.47. The van der Waals surface area contributed by atoms with Crippen LogP contribution in [0.15, 0.2) is 42.5 Å². The molecule has 0 bridgehead atoms. The lowest BCUT2D eigenvalue weighted by Gasteiger charge is -2.10. The van der Waals surface area contributed by atoms with Crippen LogP contribution in [-0.2, 0) is 0 Å². The Kier molecular flexibility index (Phi) is 3.82. The van der Waals surface area contributed by atoms with Crippen molar-refractivity contribution in [2.75, 3.05) is 12.4 Å². The van der Waals surface area contributed by atoms with Crippen LogP contribution >= 0.6 is 0 Å². The van der Waals surface area contributed by atoms with Gasteiger partial charge < -0.3 is 10.1 Å². The lowest BCUT2D eigenvalue weighted by Crippen LogP contribution is -1.97. The Labute approximate surface area is 115 Å². The number of nitro groups is 1. The van der Waals surface area contributed by atoms with Gasteiger partial charge in [-0.3, -0.25) is 10.1 Å². The predicted molar refractivity (Wildman–Crippen MR) is 74.1 cm³/mol. The number of nitrogens with one attached hydrogen (secondary N) is 1. The number of para-hydroxylation sites is 2. The Bertz CT molecular complexity index is 692. The zero-order chi connectivity index (χ0) is 14.5. The summed E-state index contributed by atoms with van der Waals surface area (Å²) in [5.74, 6) is 0.643. The van der Waals surface area contributed by atoms with Gasteiger partial charge in [0.05, 0.1) is 17.7 Å². The number of anilines is 2. The second-order valence-corrected chi connectivity index (χ2v) is 3.93. The third kappa shape index (κ3) is 2.67. The molecule has 0 unspecified atom stereocenters. The molecule has 0 aliphatic heterocycles. The average molecular weight is 269 g/mol. The molecule has 0 spiro atoms. The summed E-state index contributed by atoms with van der Waals surface area (Å²) in [5.41, 5.74) is 1.09. The van der Waals surface area contributed by atoms with Crippen LogP contribution < -0.4 is 10.1 Å². The summed E-state index contributed by atoms with van der Waals surface area (Å²) in [6, 6.07) is 13.4. The third-order valence-corrected chi connectivity index (χ3v) is 2.70. The minimum Gasteiger partial charge on any atom is -0.495 e. The summed E-state index contributed by atoms with van der Waals surface area (Å²) < 4.78 is 5.20. The van der Waals surface area contributed by atoms with Gasteiger partial charge in [0.2, 0.25) is 0 Å². The fourth-order valence-corrected chi connectivity index (χ4v) is 1.77. The van der Waals surface area contributed by atoms with Crippen molar-refractivity contribution in [3.63, 3.8) is 0 Å². The molecule has 6 heteroatoms. The van der Waals surface area contributed by atoms with E-state index in [4.69, 9.17) is 10.00 Å². The van der Waals surface area contributed by atoms with Crippen LogP contribution in [0.1, 0.15) is 5.56 Å². The molecular weight excluding hydrogens is 258 g/mol. The maximum absolute atomic E-state index is 10.8. The zero-order valence-electron chi connectivity index (χ0n) is 10.7. The summed E-state index contributed by atoms with van der Waals surface area (Å²) in [4.78, 5) is 10.2. The molecule has 0 atom stereocenters. The molecule has 0 saturated heterocycles. The Morgan fingerprint density at radius 2 is 2.05 bits per heavy atom. The SMILES string of the molecule is COc1ccccc1Nc1ccc([N+](=O)[O-])c(C#N)c1. The Morgan fingerprint density at radius 3 is 2.70 bits per heavy atom. The number of nitriles is 1. The van der Waals surface area contributed by atoms with E-state index in [0.717, 1.165) is 0 Å². The first-order valence-electron chi connectivity index (χ1n) is 5.74. The number of hydrogen-bond acceptors (Lipinski definition) is 5. The molecule has 0 aromatic heterocycles. The number of hydrogen-bond donors (Lipinski definition) is 1. The van der Waals surface area contributed by atoms with Crippen LogP contribution in [0.2, 0.25) is 0 Å². The highest BCUT2D eigenvalue weighted by Gasteiger charge is 2.14. The first-order valence-corrected chi connectivity index (χ1v) is 5.74. The smallest absolute Gasteiger partial charge is 0.287 e. The van der Waals surface area contributed by atoms with E-state index in [2.05, 4.69) is 5.32 Å². The van der Waals surface area contributed by atoms with E-state index < -0.39 is 4.92 Å². The largest absolute Gasteiger partial charge is 0.495 e. The van der Waals surface area contributed by atoms with Crippen molar-refractivity contribution in [3.05, 3.63) is 58.1 Å². The summed E-state index contributed by atoms with van der Waals surface area (Å²) in [5, 5.41) is 22.8. The van der Waals surface area contributed by atoms with Crippen LogP contribution in [0.5, 0.6) is 5.75 Å². The van der Waals surface area contributed by atoms with Gasteiger partial charge >= 0.3 is 0 Å². The Morgan fingerprint density at radius 1 is 1.30 bits per heavy atom. The number of nitro benzene ring substituents is 1. The van der Waals surface area contributed by atoms with Crippen molar-refractivity contribution >= 4 is 17.1 Å². The van der Waals surface area contributed by atoms with Crippen molar-refractivity contribution in [2.45, 2.75) is 0 Å².